The minimum Gasteiger partial charge on any atom is -0.444 e. The van der Waals surface area contributed by atoms with Crippen LogP contribution in [0.2, 0.25) is 0 Å². The molecule has 1 radical (unpaired) electrons. The van der Waals surface area contributed by atoms with Crippen molar-refractivity contribution in [3.8, 4) is 0 Å². The first-order valence-electron chi connectivity index (χ1n) is 6.49. The fourth-order valence-corrected chi connectivity index (χ4v) is 2.32. The molecule has 4 heteroatoms. The van der Waals surface area contributed by atoms with Gasteiger partial charge in [-0.3, -0.25) is 0 Å². The van der Waals surface area contributed by atoms with Gasteiger partial charge in [-0.05, 0) is 58.4 Å². The number of alkyl carbamates (subject to hydrolysis) is 1. The standard InChI is InChI=1S/C13H23N2O2/c1-13(2,3)17-12(16)15-11-6-10(7-14-8-11)9-4-5-9/h10-11,14H,4-8H2,1-3H3,(H,15,16)/t10?,11-/m1/s1. The Bertz CT molecular complexity index is 282. The lowest BCUT2D eigenvalue weighted by Crippen LogP contribution is -2.50. The molecule has 1 heterocycles. The number of nitrogens with one attached hydrogen (secondary N) is 2. The number of carbonyl (C=O) groups excluding carboxylic acids is 1. The summed E-state index contributed by atoms with van der Waals surface area (Å²) in [7, 11) is 0. The predicted octanol–water partition coefficient (Wildman–Crippen LogP) is 1.86. The van der Waals surface area contributed by atoms with Gasteiger partial charge in [0.15, 0.2) is 0 Å². The highest BCUT2D eigenvalue weighted by Gasteiger charge is 2.35. The van der Waals surface area contributed by atoms with Crippen molar-refractivity contribution < 1.29 is 9.53 Å². The fraction of sp³-hybridized carbons (Fsp3) is 0.846. The van der Waals surface area contributed by atoms with Crippen LogP contribution < -0.4 is 10.6 Å². The maximum absolute atomic E-state index is 11.7. The highest BCUT2D eigenvalue weighted by atomic mass is 16.6. The van der Waals surface area contributed by atoms with Crippen molar-refractivity contribution in [1.82, 2.24) is 10.6 Å². The van der Waals surface area contributed by atoms with Gasteiger partial charge in [-0.2, -0.15) is 0 Å². The molecule has 97 valence electrons. The number of hydrogen-bond donors (Lipinski definition) is 2. The minimum absolute atomic E-state index is 0.205. The molecule has 2 aliphatic rings. The Kier molecular flexibility index (Phi) is 3.61. The summed E-state index contributed by atoms with van der Waals surface area (Å²) < 4.78 is 5.27. The third-order valence-electron chi connectivity index (χ3n) is 3.19. The molecular weight excluding hydrogens is 216 g/mol. The third kappa shape index (κ3) is 4.19. The summed E-state index contributed by atoms with van der Waals surface area (Å²) >= 11 is 0. The predicted molar refractivity (Wildman–Crippen MR) is 66.6 cm³/mol. The molecule has 2 rings (SSSR count). The van der Waals surface area contributed by atoms with E-state index in [2.05, 4.69) is 10.6 Å². The van der Waals surface area contributed by atoms with E-state index >= 15 is 0 Å². The van der Waals surface area contributed by atoms with Crippen LogP contribution in [0.5, 0.6) is 0 Å². The van der Waals surface area contributed by atoms with Crippen molar-refractivity contribution >= 4 is 6.09 Å². The lowest BCUT2D eigenvalue weighted by Gasteiger charge is -2.31. The maximum atomic E-state index is 11.7. The number of ether oxygens (including phenoxy) is 1. The second kappa shape index (κ2) is 4.84. The Labute approximate surface area is 103 Å². The number of amides is 1. The first kappa shape index (κ1) is 12.7. The summed E-state index contributed by atoms with van der Waals surface area (Å²) in [6.45, 7) is 7.57. The Hall–Kier alpha value is -0.770. The van der Waals surface area contributed by atoms with E-state index in [9.17, 15) is 4.79 Å². The van der Waals surface area contributed by atoms with E-state index in [1.807, 2.05) is 20.8 Å². The second-order valence-electron chi connectivity index (χ2n) is 6.09. The van der Waals surface area contributed by atoms with Crippen molar-refractivity contribution in [1.29, 1.82) is 0 Å². The van der Waals surface area contributed by atoms with Gasteiger partial charge in [0.25, 0.3) is 0 Å². The van der Waals surface area contributed by atoms with Gasteiger partial charge in [-0.15, -0.1) is 0 Å². The van der Waals surface area contributed by atoms with Crippen LogP contribution >= 0.6 is 0 Å². The summed E-state index contributed by atoms with van der Waals surface area (Å²) in [5.74, 6) is 2.32. The van der Waals surface area contributed by atoms with Gasteiger partial charge >= 0.3 is 6.09 Å². The zero-order chi connectivity index (χ0) is 12.5. The van der Waals surface area contributed by atoms with E-state index in [1.54, 1.807) is 5.92 Å². The number of piperidine rings is 1. The fourth-order valence-electron chi connectivity index (χ4n) is 2.32. The molecule has 1 aliphatic heterocycles. The van der Waals surface area contributed by atoms with Crippen LogP contribution in [0.25, 0.3) is 0 Å². The molecule has 0 bridgehead atoms. The number of rotatable bonds is 2. The Morgan fingerprint density at radius 3 is 2.65 bits per heavy atom. The van der Waals surface area contributed by atoms with Crippen LogP contribution in [-0.2, 0) is 4.74 Å². The zero-order valence-corrected chi connectivity index (χ0v) is 11.0. The first-order valence-corrected chi connectivity index (χ1v) is 6.49. The molecule has 0 aromatic carbocycles. The van der Waals surface area contributed by atoms with E-state index in [0.717, 1.165) is 19.5 Å². The van der Waals surface area contributed by atoms with Crippen LogP contribution in [-0.4, -0.2) is 30.8 Å². The van der Waals surface area contributed by atoms with Crippen molar-refractivity contribution in [2.24, 2.45) is 5.92 Å². The van der Waals surface area contributed by atoms with E-state index < -0.39 is 5.60 Å². The van der Waals surface area contributed by atoms with Gasteiger partial charge in [0.05, 0.1) is 0 Å². The molecule has 2 N–H and O–H groups in total. The molecule has 1 aliphatic carbocycles. The zero-order valence-electron chi connectivity index (χ0n) is 11.0. The van der Waals surface area contributed by atoms with Gasteiger partial charge < -0.3 is 15.4 Å². The smallest absolute Gasteiger partial charge is 0.407 e. The van der Waals surface area contributed by atoms with Gasteiger partial charge in [0.1, 0.15) is 5.60 Å². The largest absolute Gasteiger partial charge is 0.444 e. The Balaban J connectivity index is 1.76. The molecule has 0 spiro atoms. The number of hydrogen-bond acceptors (Lipinski definition) is 3. The van der Waals surface area contributed by atoms with Crippen LogP contribution in [0.3, 0.4) is 0 Å². The van der Waals surface area contributed by atoms with E-state index in [-0.39, 0.29) is 12.1 Å². The highest BCUT2D eigenvalue weighted by Crippen LogP contribution is 2.41. The van der Waals surface area contributed by atoms with Gasteiger partial charge in [0, 0.05) is 12.6 Å². The highest BCUT2D eigenvalue weighted by molar-refractivity contribution is 5.68. The van der Waals surface area contributed by atoms with E-state index in [0.29, 0.717) is 5.92 Å². The molecule has 17 heavy (non-hydrogen) atoms. The lowest BCUT2D eigenvalue weighted by atomic mass is 9.91. The molecule has 1 saturated heterocycles. The van der Waals surface area contributed by atoms with Gasteiger partial charge in [-0.1, -0.05) is 0 Å². The molecule has 1 unspecified atom stereocenters. The van der Waals surface area contributed by atoms with Crippen molar-refractivity contribution in [3.05, 3.63) is 5.92 Å². The quantitative estimate of drug-likeness (QED) is 0.773. The maximum Gasteiger partial charge on any atom is 0.407 e. The van der Waals surface area contributed by atoms with Gasteiger partial charge in [-0.25, -0.2) is 4.79 Å². The van der Waals surface area contributed by atoms with Crippen LogP contribution in [0, 0.1) is 11.8 Å². The average molecular weight is 239 g/mol. The number of carbonyl (C=O) groups is 1. The minimum atomic E-state index is -0.420. The topological polar surface area (TPSA) is 50.4 Å². The average Bonchev–Trinajstić information content (AvgIpc) is 2.97. The molecule has 1 amide bonds. The molecule has 2 atom stereocenters. The molecule has 2 fully saturated rings. The van der Waals surface area contributed by atoms with Crippen LogP contribution in [0.15, 0.2) is 0 Å². The van der Waals surface area contributed by atoms with Gasteiger partial charge in [0.2, 0.25) is 0 Å². The van der Waals surface area contributed by atoms with Crippen LogP contribution in [0.1, 0.15) is 40.0 Å². The first-order chi connectivity index (χ1) is 7.94. The summed E-state index contributed by atoms with van der Waals surface area (Å²) in [5.41, 5.74) is -0.420. The van der Waals surface area contributed by atoms with Crippen LogP contribution in [0.4, 0.5) is 4.79 Å². The Morgan fingerprint density at radius 2 is 2.06 bits per heavy atom. The molecule has 0 aromatic rings. The second-order valence-corrected chi connectivity index (χ2v) is 6.09. The Morgan fingerprint density at radius 1 is 1.35 bits per heavy atom. The molecular formula is C13H23N2O2. The summed E-state index contributed by atoms with van der Waals surface area (Å²) in [4.78, 5) is 11.7. The van der Waals surface area contributed by atoms with Crippen molar-refractivity contribution in [2.45, 2.75) is 51.7 Å². The van der Waals surface area contributed by atoms with E-state index in [1.165, 1.54) is 12.8 Å². The monoisotopic (exact) mass is 239 g/mol. The third-order valence-corrected chi connectivity index (χ3v) is 3.19. The molecule has 4 nitrogen and oxygen atoms in total. The van der Waals surface area contributed by atoms with Crippen molar-refractivity contribution in [3.63, 3.8) is 0 Å². The summed E-state index contributed by atoms with van der Waals surface area (Å²) in [6.07, 6.45) is 3.32. The lowest BCUT2D eigenvalue weighted by molar-refractivity contribution is 0.0491. The summed E-state index contributed by atoms with van der Waals surface area (Å²) in [5, 5.41) is 6.33. The molecule has 0 aromatic heterocycles. The molecule has 1 saturated carbocycles. The van der Waals surface area contributed by atoms with E-state index in [4.69, 9.17) is 4.74 Å². The van der Waals surface area contributed by atoms with Crippen molar-refractivity contribution in [2.75, 3.05) is 13.1 Å². The summed E-state index contributed by atoms with van der Waals surface area (Å²) in [6, 6.07) is 0.205. The normalized spacial score (nSPS) is 29.8. The SMILES string of the molecule is CC(C)(C)OC(=O)N[C@H]1CNCC([C]2CC2)C1.